The SMILES string of the molecule is Cc1ccc(N)c(NC(=O)NCCc2cccc(Cl)c2)c1. The van der Waals surface area contributed by atoms with E-state index in [2.05, 4.69) is 10.6 Å². The summed E-state index contributed by atoms with van der Waals surface area (Å²) in [5.41, 5.74) is 9.11. The Balaban J connectivity index is 1.84. The summed E-state index contributed by atoms with van der Waals surface area (Å²) in [7, 11) is 0. The number of nitrogens with two attached hydrogens (primary N) is 1. The van der Waals surface area contributed by atoms with E-state index < -0.39 is 0 Å². The van der Waals surface area contributed by atoms with E-state index in [1.54, 1.807) is 6.07 Å². The van der Waals surface area contributed by atoms with Gasteiger partial charge in [-0.3, -0.25) is 0 Å². The quantitative estimate of drug-likeness (QED) is 0.756. The minimum atomic E-state index is -0.269. The molecule has 0 saturated carbocycles. The van der Waals surface area contributed by atoms with Gasteiger partial charge < -0.3 is 16.4 Å². The van der Waals surface area contributed by atoms with Gasteiger partial charge in [0.25, 0.3) is 0 Å². The summed E-state index contributed by atoms with van der Waals surface area (Å²) in [5, 5.41) is 6.24. The highest BCUT2D eigenvalue weighted by Crippen LogP contribution is 2.19. The van der Waals surface area contributed by atoms with Gasteiger partial charge in [0, 0.05) is 11.6 Å². The lowest BCUT2D eigenvalue weighted by Crippen LogP contribution is -2.30. The number of carbonyl (C=O) groups is 1. The van der Waals surface area contributed by atoms with Gasteiger partial charge >= 0.3 is 6.03 Å². The molecule has 0 saturated heterocycles. The molecule has 2 amide bonds. The van der Waals surface area contributed by atoms with Crippen LogP contribution < -0.4 is 16.4 Å². The summed E-state index contributed by atoms with van der Waals surface area (Å²) in [4.78, 5) is 11.8. The molecular formula is C16H18ClN3O. The third kappa shape index (κ3) is 4.68. The van der Waals surface area contributed by atoms with Crippen LogP contribution in [0.5, 0.6) is 0 Å². The molecule has 4 nitrogen and oxygen atoms in total. The molecule has 21 heavy (non-hydrogen) atoms. The van der Waals surface area contributed by atoms with Crippen LogP contribution in [0.2, 0.25) is 5.02 Å². The average molecular weight is 304 g/mol. The fraction of sp³-hybridized carbons (Fsp3) is 0.188. The second-order valence-corrected chi connectivity index (χ2v) is 5.29. The highest BCUT2D eigenvalue weighted by Gasteiger charge is 2.05. The third-order valence-corrected chi connectivity index (χ3v) is 3.28. The van der Waals surface area contributed by atoms with E-state index in [9.17, 15) is 4.79 Å². The number of amides is 2. The van der Waals surface area contributed by atoms with E-state index in [4.69, 9.17) is 17.3 Å². The summed E-state index contributed by atoms with van der Waals surface area (Å²) in [6, 6.07) is 12.8. The number of anilines is 2. The molecule has 2 aromatic carbocycles. The molecule has 0 heterocycles. The molecule has 0 radical (unpaired) electrons. The molecule has 0 aliphatic carbocycles. The summed E-state index contributed by atoms with van der Waals surface area (Å²) in [5.74, 6) is 0. The number of hydrogen-bond acceptors (Lipinski definition) is 2. The van der Waals surface area contributed by atoms with Crippen molar-refractivity contribution in [2.45, 2.75) is 13.3 Å². The zero-order valence-electron chi connectivity index (χ0n) is 11.8. The molecule has 0 spiro atoms. The molecule has 4 N–H and O–H groups in total. The number of nitrogen functional groups attached to an aromatic ring is 1. The van der Waals surface area contributed by atoms with Crippen molar-refractivity contribution in [3.8, 4) is 0 Å². The van der Waals surface area contributed by atoms with Crippen LogP contribution in [-0.2, 0) is 6.42 Å². The molecule has 0 fully saturated rings. The number of urea groups is 1. The zero-order chi connectivity index (χ0) is 15.2. The van der Waals surface area contributed by atoms with Gasteiger partial charge in [-0.05, 0) is 48.7 Å². The second-order valence-electron chi connectivity index (χ2n) is 4.85. The number of hydrogen-bond donors (Lipinski definition) is 3. The Morgan fingerprint density at radius 1 is 1.24 bits per heavy atom. The average Bonchev–Trinajstić information content (AvgIpc) is 2.43. The predicted molar refractivity (Wildman–Crippen MR) is 87.8 cm³/mol. The molecule has 5 heteroatoms. The van der Waals surface area contributed by atoms with Gasteiger partial charge in [0.2, 0.25) is 0 Å². The van der Waals surface area contributed by atoms with Crippen LogP contribution in [0.15, 0.2) is 42.5 Å². The van der Waals surface area contributed by atoms with Crippen molar-refractivity contribution < 1.29 is 4.79 Å². The molecule has 2 aromatic rings. The Labute approximate surface area is 129 Å². The van der Waals surface area contributed by atoms with Gasteiger partial charge in [-0.2, -0.15) is 0 Å². The molecule has 0 aliphatic heterocycles. The topological polar surface area (TPSA) is 67.1 Å². The first kappa shape index (κ1) is 15.2. The Bertz CT molecular complexity index is 643. The standard InChI is InChI=1S/C16H18ClN3O/c1-11-5-6-14(18)15(9-11)20-16(21)19-8-7-12-3-2-4-13(17)10-12/h2-6,9-10H,7-8,18H2,1H3,(H2,19,20,21). The molecule has 0 aromatic heterocycles. The summed E-state index contributed by atoms with van der Waals surface area (Å²) < 4.78 is 0. The van der Waals surface area contributed by atoms with Crippen molar-refractivity contribution >= 4 is 29.0 Å². The number of rotatable bonds is 4. The smallest absolute Gasteiger partial charge is 0.319 e. The van der Waals surface area contributed by atoms with E-state index >= 15 is 0 Å². The minimum Gasteiger partial charge on any atom is -0.397 e. The second kappa shape index (κ2) is 6.99. The largest absolute Gasteiger partial charge is 0.397 e. The van der Waals surface area contributed by atoms with Crippen molar-refractivity contribution in [3.05, 3.63) is 58.6 Å². The summed E-state index contributed by atoms with van der Waals surface area (Å²) >= 11 is 5.91. The normalized spacial score (nSPS) is 10.2. The van der Waals surface area contributed by atoms with E-state index in [-0.39, 0.29) is 6.03 Å². The summed E-state index contributed by atoms with van der Waals surface area (Å²) in [6.07, 6.45) is 0.720. The molecular weight excluding hydrogens is 286 g/mol. The fourth-order valence-electron chi connectivity index (χ4n) is 1.96. The monoisotopic (exact) mass is 303 g/mol. The Morgan fingerprint density at radius 3 is 2.81 bits per heavy atom. The molecule has 0 unspecified atom stereocenters. The Morgan fingerprint density at radius 2 is 2.05 bits per heavy atom. The van der Waals surface area contributed by atoms with Crippen molar-refractivity contribution in [2.75, 3.05) is 17.6 Å². The van der Waals surface area contributed by atoms with Gasteiger partial charge in [0.15, 0.2) is 0 Å². The number of halogens is 1. The first-order valence-electron chi connectivity index (χ1n) is 6.70. The zero-order valence-corrected chi connectivity index (χ0v) is 12.6. The molecule has 0 atom stereocenters. The van der Waals surface area contributed by atoms with Crippen molar-refractivity contribution in [1.29, 1.82) is 0 Å². The van der Waals surface area contributed by atoms with Crippen molar-refractivity contribution in [3.63, 3.8) is 0 Å². The fourth-order valence-corrected chi connectivity index (χ4v) is 2.17. The Hall–Kier alpha value is -2.20. The van der Waals surface area contributed by atoms with Gasteiger partial charge in [-0.1, -0.05) is 29.8 Å². The van der Waals surface area contributed by atoms with E-state index in [1.165, 1.54) is 0 Å². The lowest BCUT2D eigenvalue weighted by atomic mass is 10.1. The van der Waals surface area contributed by atoms with Crippen LogP contribution in [0.1, 0.15) is 11.1 Å². The van der Waals surface area contributed by atoms with Crippen molar-refractivity contribution in [1.82, 2.24) is 5.32 Å². The maximum absolute atomic E-state index is 11.8. The highest BCUT2D eigenvalue weighted by molar-refractivity contribution is 6.30. The minimum absolute atomic E-state index is 0.269. The molecule has 110 valence electrons. The molecule has 2 rings (SSSR count). The summed E-state index contributed by atoms with van der Waals surface area (Å²) in [6.45, 7) is 2.47. The molecule has 0 aliphatic rings. The first-order valence-corrected chi connectivity index (χ1v) is 7.08. The van der Waals surface area contributed by atoms with E-state index in [1.807, 2.05) is 43.3 Å². The highest BCUT2D eigenvalue weighted by atomic mass is 35.5. The van der Waals surface area contributed by atoms with Crippen LogP contribution >= 0.6 is 11.6 Å². The predicted octanol–water partition coefficient (Wildman–Crippen LogP) is 3.59. The van der Waals surface area contributed by atoms with E-state index in [0.717, 1.165) is 17.5 Å². The maximum Gasteiger partial charge on any atom is 0.319 e. The lowest BCUT2D eigenvalue weighted by molar-refractivity contribution is 0.252. The molecule has 0 bridgehead atoms. The number of benzene rings is 2. The van der Waals surface area contributed by atoms with Gasteiger partial charge in [0.1, 0.15) is 0 Å². The lowest BCUT2D eigenvalue weighted by Gasteiger charge is -2.10. The van der Waals surface area contributed by atoms with E-state index in [0.29, 0.717) is 22.9 Å². The Kier molecular flexibility index (Phi) is 5.06. The number of carbonyl (C=O) groups excluding carboxylic acids is 1. The van der Waals surface area contributed by atoms with Crippen LogP contribution in [0.4, 0.5) is 16.2 Å². The first-order chi connectivity index (χ1) is 10.0. The third-order valence-electron chi connectivity index (χ3n) is 3.05. The van der Waals surface area contributed by atoms with Crippen molar-refractivity contribution in [2.24, 2.45) is 0 Å². The van der Waals surface area contributed by atoms with Crippen LogP contribution in [0, 0.1) is 6.92 Å². The van der Waals surface area contributed by atoms with Gasteiger partial charge in [-0.25, -0.2) is 4.79 Å². The number of aryl methyl sites for hydroxylation is 1. The van der Waals surface area contributed by atoms with Crippen LogP contribution in [0.3, 0.4) is 0 Å². The van der Waals surface area contributed by atoms with Gasteiger partial charge in [-0.15, -0.1) is 0 Å². The van der Waals surface area contributed by atoms with Crippen LogP contribution in [0.25, 0.3) is 0 Å². The number of nitrogens with one attached hydrogen (secondary N) is 2. The van der Waals surface area contributed by atoms with Gasteiger partial charge in [0.05, 0.1) is 11.4 Å². The van der Waals surface area contributed by atoms with Crippen LogP contribution in [-0.4, -0.2) is 12.6 Å². The maximum atomic E-state index is 11.8.